The normalized spacial score (nSPS) is 16.2. The Morgan fingerprint density at radius 3 is 2.20 bits per heavy atom. The van der Waals surface area contributed by atoms with E-state index in [2.05, 4.69) is 0 Å². The molecule has 4 aromatic rings. The number of hydrogen-bond acceptors (Lipinski definition) is 6. The molecule has 0 spiro atoms. The van der Waals surface area contributed by atoms with Crippen LogP contribution in [0.5, 0.6) is 23.0 Å². The van der Waals surface area contributed by atoms with E-state index in [9.17, 15) is 14.7 Å². The van der Waals surface area contributed by atoms with Gasteiger partial charge in [0.25, 0.3) is 11.7 Å². The zero-order valence-electron chi connectivity index (χ0n) is 22.1. The van der Waals surface area contributed by atoms with E-state index in [0.29, 0.717) is 22.7 Å². The van der Waals surface area contributed by atoms with Crippen molar-refractivity contribution in [3.05, 3.63) is 118 Å². The number of hydrogen-bond donors (Lipinski definition) is 1. The number of Topliss-reactive ketones (excluding diaryl/α,β-unsaturated/α-hetero) is 1. The van der Waals surface area contributed by atoms with Gasteiger partial charge in [-0.05, 0) is 54.4 Å². The number of benzene rings is 4. The van der Waals surface area contributed by atoms with Crippen molar-refractivity contribution < 1.29 is 28.9 Å². The Bertz CT molecular complexity index is 1630. The monoisotopic (exact) mass is 555 g/mol. The van der Waals surface area contributed by atoms with Crippen molar-refractivity contribution in [2.75, 3.05) is 19.1 Å². The van der Waals surface area contributed by atoms with Gasteiger partial charge < -0.3 is 19.3 Å². The number of nitrogens with zero attached hydrogens (tertiary/aromatic N) is 1. The third-order valence-corrected chi connectivity index (χ3v) is 7.00. The number of aryl methyl sites for hydroxylation is 1. The van der Waals surface area contributed by atoms with Crippen molar-refractivity contribution in [3.63, 3.8) is 0 Å². The third-order valence-electron chi connectivity index (χ3n) is 6.70. The zero-order valence-corrected chi connectivity index (χ0v) is 22.8. The number of halogens is 1. The molecule has 1 heterocycles. The molecule has 202 valence electrons. The number of methoxy groups -OCH3 is 2. The average molecular weight is 556 g/mol. The summed E-state index contributed by atoms with van der Waals surface area (Å²) in [6.45, 7) is 1.85. The lowest BCUT2D eigenvalue weighted by atomic mass is 9.94. The molecule has 1 aliphatic rings. The Morgan fingerprint density at radius 1 is 0.825 bits per heavy atom. The first kappa shape index (κ1) is 26.8. The van der Waals surface area contributed by atoms with Crippen LogP contribution in [0.2, 0.25) is 5.02 Å². The van der Waals surface area contributed by atoms with Crippen LogP contribution in [0.3, 0.4) is 0 Å². The molecule has 40 heavy (non-hydrogen) atoms. The number of aliphatic hydroxyl groups excluding tert-OH is 1. The molecular formula is C32H26ClNO6. The van der Waals surface area contributed by atoms with Gasteiger partial charge in [-0.1, -0.05) is 60.1 Å². The first-order valence-electron chi connectivity index (χ1n) is 12.5. The van der Waals surface area contributed by atoms with Crippen LogP contribution in [0, 0.1) is 6.92 Å². The summed E-state index contributed by atoms with van der Waals surface area (Å²) in [6.07, 6.45) is 0. The lowest BCUT2D eigenvalue weighted by molar-refractivity contribution is -0.132. The van der Waals surface area contributed by atoms with Gasteiger partial charge in [0.05, 0.1) is 36.4 Å². The molecule has 0 saturated carbocycles. The Labute approximate surface area is 236 Å². The molecule has 1 fully saturated rings. The number of carbonyl (C=O) groups excluding carboxylic acids is 2. The fourth-order valence-electron chi connectivity index (χ4n) is 4.79. The minimum absolute atomic E-state index is 0.104. The Kier molecular flexibility index (Phi) is 7.49. The molecule has 8 heteroatoms. The van der Waals surface area contributed by atoms with E-state index >= 15 is 0 Å². The van der Waals surface area contributed by atoms with E-state index in [1.165, 1.54) is 31.3 Å². The fourth-order valence-corrected chi connectivity index (χ4v) is 5.02. The van der Waals surface area contributed by atoms with Crippen LogP contribution in [0.25, 0.3) is 5.76 Å². The van der Waals surface area contributed by atoms with Gasteiger partial charge in [-0.25, -0.2) is 0 Å². The highest BCUT2D eigenvalue weighted by atomic mass is 35.5. The van der Waals surface area contributed by atoms with E-state index in [1.807, 2.05) is 49.4 Å². The summed E-state index contributed by atoms with van der Waals surface area (Å²) >= 11 is 6.28. The first-order chi connectivity index (χ1) is 19.3. The molecule has 0 aromatic heterocycles. The summed E-state index contributed by atoms with van der Waals surface area (Å²) in [5.41, 5.74) is 1.96. The van der Waals surface area contributed by atoms with Crippen LogP contribution in [-0.2, 0) is 9.59 Å². The van der Waals surface area contributed by atoms with Gasteiger partial charge in [-0.3, -0.25) is 14.5 Å². The summed E-state index contributed by atoms with van der Waals surface area (Å²) < 4.78 is 16.8. The van der Waals surface area contributed by atoms with Crippen LogP contribution < -0.4 is 19.1 Å². The highest BCUT2D eigenvalue weighted by Crippen LogP contribution is 2.46. The summed E-state index contributed by atoms with van der Waals surface area (Å²) in [4.78, 5) is 28.7. The summed E-state index contributed by atoms with van der Waals surface area (Å²) in [5, 5.41) is 11.9. The molecular weight excluding hydrogens is 530 g/mol. The Hall–Kier alpha value is -4.75. The second-order valence-corrected chi connectivity index (χ2v) is 9.54. The molecule has 5 rings (SSSR count). The van der Waals surface area contributed by atoms with E-state index < -0.39 is 23.5 Å². The SMILES string of the molecule is COc1cc(/C(O)=C2\C(=O)C(=O)N(c3ccccc3C)C2c2cccc(Oc3ccccc3)c2)c(OC)cc1Cl. The van der Waals surface area contributed by atoms with Crippen LogP contribution in [0.15, 0.2) is 96.6 Å². The van der Waals surface area contributed by atoms with Gasteiger partial charge in [0.2, 0.25) is 0 Å². The van der Waals surface area contributed by atoms with E-state index in [0.717, 1.165) is 5.56 Å². The van der Waals surface area contributed by atoms with Crippen LogP contribution >= 0.6 is 11.6 Å². The minimum atomic E-state index is -0.966. The number of ketones is 1. The number of aliphatic hydroxyl groups is 1. The number of carbonyl (C=O) groups is 2. The van der Waals surface area contributed by atoms with Gasteiger partial charge in [0, 0.05) is 11.8 Å². The molecule has 0 aliphatic carbocycles. The summed E-state index contributed by atoms with van der Waals surface area (Å²) in [5.74, 6) is -0.403. The highest BCUT2D eigenvalue weighted by molar-refractivity contribution is 6.51. The number of amides is 1. The standard InChI is InChI=1S/C32H26ClNO6/c1-19-10-7-8-15-25(19)34-29(20-11-9-14-22(16-20)40-21-12-5-4-6-13-21)28(31(36)32(34)37)30(35)23-17-27(39-3)24(33)18-26(23)38-2/h4-18,29,35H,1-3H3/b30-28+. The minimum Gasteiger partial charge on any atom is -0.507 e. The topological polar surface area (TPSA) is 85.3 Å². The number of para-hydroxylation sites is 2. The zero-order chi connectivity index (χ0) is 28.4. The maximum absolute atomic E-state index is 13.7. The average Bonchev–Trinajstić information content (AvgIpc) is 3.23. The molecule has 1 N–H and O–H groups in total. The van der Waals surface area contributed by atoms with Crippen molar-refractivity contribution in [2.24, 2.45) is 0 Å². The van der Waals surface area contributed by atoms with E-state index in [1.54, 1.807) is 36.4 Å². The lowest BCUT2D eigenvalue weighted by Crippen LogP contribution is -2.30. The van der Waals surface area contributed by atoms with Crippen molar-refractivity contribution in [1.29, 1.82) is 0 Å². The summed E-state index contributed by atoms with van der Waals surface area (Å²) in [6, 6.07) is 25.6. The van der Waals surface area contributed by atoms with Gasteiger partial charge in [-0.2, -0.15) is 0 Å². The maximum Gasteiger partial charge on any atom is 0.300 e. The second-order valence-electron chi connectivity index (χ2n) is 9.13. The van der Waals surface area contributed by atoms with Crippen LogP contribution in [0.1, 0.15) is 22.7 Å². The molecule has 0 radical (unpaired) electrons. The van der Waals surface area contributed by atoms with Crippen molar-refractivity contribution >= 4 is 34.7 Å². The Balaban J connectivity index is 1.73. The summed E-state index contributed by atoms with van der Waals surface area (Å²) in [7, 11) is 2.86. The van der Waals surface area contributed by atoms with Crippen molar-refractivity contribution in [3.8, 4) is 23.0 Å². The molecule has 1 saturated heterocycles. The molecule has 1 atom stereocenters. The van der Waals surface area contributed by atoms with Crippen LogP contribution in [0.4, 0.5) is 5.69 Å². The molecule has 1 aliphatic heterocycles. The maximum atomic E-state index is 13.7. The van der Waals surface area contributed by atoms with Gasteiger partial charge in [-0.15, -0.1) is 0 Å². The molecule has 4 aromatic carbocycles. The molecule has 7 nitrogen and oxygen atoms in total. The predicted molar refractivity (Wildman–Crippen MR) is 153 cm³/mol. The number of anilines is 1. The van der Waals surface area contributed by atoms with Crippen molar-refractivity contribution in [1.82, 2.24) is 0 Å². The largest absolute Gasteiger partial charge is 0.507 e. The van der Waals surface area contributed by atoms with Gasteiger partial charge in [0.1, 0.15) is 28.8 Å². The van der Waals surface area contributed by atoms with Crippen LogP contribution in [-0.4, -0.2) is 31.0 Å². The Morgan fingerprint density at radius 2 is 1.50 bits per heavy atom. The van der Waals surface area contributed by atoms with E-state index in [4.69, 9.17) is 25.8 Å². The fraction of sp³-hybridized carbons (Fsp3) is 0.125. The third kappa shape index (κ3) is 4.87. The smallest absolute Gasteiger partial charge is 0.300 e. The van der Waals surface area contributed by atoms with E-state index in [-0.39, 0.29) is 27.7 Å². The molecule has 1 unspecified atom stereocenters. The highest BCUT2D eigenvalue weighted by Gasteiger charge is 2.47. The van der Waals surface area contributed by atoms with Crippen molar-refractivity contribution in [2.45, 2.75) is 13.0 Å². The number of rotatable bonds is 7. The second kappa shape index (κ2) is 11.2. The van der Waals surface area contributed by atoms with Gasteiger partial charge in [0.15, 0.2) is 0 Å². The molecule has 0 bridgehead atoms. The molecule has 1 amide bonds. The predicted octanol–water partition coefficient (Wildman–Crippen LogP) is 7.08. The quantitative estimate of drug-likeness (QED) is 0.149. The lowest BCUT2D eigenvalue weighted by Gasteiger charge is -2.27. The number of ether oxygens (including phenoxy) is 3. The van der Waals surface area contributed by atoms with Gasteiger partial charge >= 0.3 is 0 Å². The first-order valence-corrected chi connectivity index (χ1v) is 12.8.